The lowest BCUT2D eigenvalue weighted by Crippen LogP contribution is -2.19. The van der Waals surface area contributed by atoms with Gasteiger partial charge in [-0.15, -0.1) is 0 Å². The third kappa shape index (κ3) is 4.05. The number of ether oxygens (including phenoxy) is 1. The molecule has 2 rings (SSSR count). The van der Waals surface area contributed by atoms with Gasteiger partial charge in [0.1, 0.15) is 12.4 Å². The number of aliphatic hydroxyl groups is 1. The van der Waals surface area contributed by atoms with Crippen LogP contribution < -0.4 is 10.1 Å². The molecular formula is C16H20N2O2. The summed E-state index contributed by atoms with van der Waals surface area (Å²) in [5.41, 5.74) is 2.09. The third-order valence-corrected chi connectivity index (χ3v) is 3.05. The van der Waals surface area contributed by atoms with Gasteiger partial charge in [-0.25, -0.2) is 0 Å². The van der Waals surface area contributed by atoms with E-state index in [1.165, 1.54) is 0 Å². The molecule has 1 heterocycles. The van der Waals surface area contributed by atoms with Gasteiger partial charge >= 0.3 is 0 Å². The number of aliphatic hydroxyl groups excluding tert-OH is 1. The van der Waals surface area contributed by atoms with Crippen molar-refractivity contribution in [2.24, 2.45) is 0 Å². The summed E-state index contributed by atoms with van der Waals surface area (Å²) in [5, 5.41) is 12.3. The minimum absolute atomic E-state index is 0.0199. The van der Waals surface area contributed by atoms with Crippen LogP contribution in [0.1, 0.15) is 24.2 Å². The highest BCUT2D eigenvalue weighted by Gasteiger charge is 2.08. The number of rotatable bonds is 7. The molecule has 0 amide bonds. The number of nitrogens with zero attached hydrogens (tertiary/aromatic N) is 1. The fourth-order valence-corrected chi connectivity index (χ4v) is 1.95. The van der Waals surface area contributed by atoms with Gasteiger partial charge in [0.2, 0.25) is 0 Å². The van der Waals surface area contributed by atoms with Crippen LogP contribution in [-0.4, -0.2) is 23.3 Å². The van der Waals surface area contributed by atoms with Gasteiger partial charge in [0, 0.05) is 24.3 Å². The molecule has 1 aromatic carbocycles. The van der Waals surface area contributed by atoms with Crippen molar-refractivity contribution in [3.63, 3.8) is 0 Å². The Hall–Kier alpha value is -1.91. The van der Waals surface area contributed by atoms with Crippen LogP contribution >= 0.6 is 0 Å². The van der Waals surface area contributed by atoms with Crippen LogP contribution in [0.2, 0.25) is 0 Å². The number of hydrogen-bond donors (Lipinski definition) is 2. The first kappa shape index (κ1) is 14.5. The molecule has 1 atom stereocenters. The van der Waals surface area contributed by atoms with Gasteiger partial charge in [-0.2, -0.15) is 0 Å². The molecular weight excluding hydrogens is 252 g/mol. The summed E-state index contributed by atoms with van der Waals surface area (Å²) < 4.78 is 5.52. The van der Waals surface area contributed by atoms with E-state index in [0.29, 0.717) is 13.2 Å². The van der Waals surface area contributed by atoms with Crippen LogP contribution in [0.3, 0.4) is 0 Å². The maximum Gasteiger partial charge on any atom is 0.123 e. The summed E-state index contributed by atoms with van der Waals surface area (Å²) in [5.74, 6) is 0.808. The number of para-hydroxylation sites is 1. The lowest BCUT2D eigenvalue weighted by atomic mass is 10.1. The molecule has 20 heavy (non-hydrogen) atoms. The monoisotopic (exact) mass is 272 g/mol. The van der Waals surface area contributed by atoms with E-state index in [9.17, 15) is 0 Å². The van der Waals surface area contributed by atoms with E-state index in [0.717, 1.165) is 17.0 Å². The molecule has 0 aliphatic carbocycles. The average Bonchev–Trinajstić information content (AvgIpc) is 2.52. The highest BCUT2D eigenvalue weighted by Crippen LogP contribution is 2.19. The summed E-state index contributed by atoms with van der Waals surface area (Å²) in [7, 11) is 0. The molecule has 0 aliphatic heterocycles. The lowest BCUT2D eigenvalue weighted by Gasteiger charge is -2.15. The van der Waals surface area contributed by atoms with Gasteiger partial charge in [0.25, 0.3) is 0 Å². The molecule has 0 fully saturated rings. The van der Waals surface area contributed by atoms with Gasteiger partial charge in [-0.1, -0.05) is 24.3 Å². The molecule has 4 nitrogen and oxygen atoms in total. The van der Waals surface area contributed by atoms with E-state index in [1.54, 1.807) is 6.20 Å². The SMILES string of the molecule is CC(NCc1ccccc1OCCO)c1ccccn1. The van der Waals surface area contributed by atoms with Crippen molar-refractivity contribution >= 4 is 0 Å². The first-order chi connectivity index (χ1) is 9.81. The summed E-state index contributed by atoms with van der Waals surface area (Å²) in [6.45, 7) is 3.11. The minimum atomic E-state index is 0.0199. The summed E-state index contributed by atoms with van der Waals surface area (Å²) in [6.07, 6.45) is 1.80. The average molecular weight is 272 g/mol. The van der Waals surface area contributed by atoms with E-state index in [4.69, 9.17) is 9.84 Å². The highest BCUT2D eigenvalue weighted by atomic mass is 16.5. The van der Waals surface area contributed by atoms with Crippen LogP contribution in [-0.2, 0) is 6.54 Å². The van der Waals surface area contributed by atoms with Gasteiger partial charge in [0.05, 0.1) is 12.3 Å². The number of aromatic nitrogens is 1. The van der Waals surface area contributed by atoms with Gasteiger partial charge in [0.15, 0.2) is 0 Å². The van der Waals surface area contributed by atoms with Gasteiger partial charge in [-0.05, 0) is 25.1 Å². The number of hydrogen-bond acceptors (Lipinski definition) is 4. The fraction of sp³-hybridized carbons (Fsp3) is 0.312. The molecule has 0 bridgehead atoms. The Balaban J connectivity index is 1.96. The summed E-state index contributed by atoms with van der Waals surface area (Å²) in [6, 6.07) is 13.9. The zero-order valence-electron chi connectivity index (χ0n) is 11.6. The van der Waals surface area contributed by atoms with Crippen molar-refractivity contribution in [3.05, 3.63) is 59.9 Å². The van der Waals surface area contributed by atoms with Gasteiger partial charge < -0.3 is 15.2 Å². The Bertz CT molecular complexity index is 517. The van der Waals surface area contributed by atoms with E-state index in [1.807, 2.05) is 42.5 Å². The zero-order valence-corrected chi connectivity index (χ0v) is 11.6. The van der Waals surface area contributed by atoms with Crippen molar-refractivity contribution in [2.45, 2.75) is 19.5 Å². The Morgan fingerprint density at radius 1 is 1.20 bits per heavy atom. The molecule has 0 aliphatic rings. The molecule has 0 saturated heterocycles. The Morgan fingerprint density at radius 3 is 2.75 bits per heavy atom. The first-order valence-electron chi connectivity index (χ1n) is 6.77. The predicted octanol–water partition coefficient (Wildman–Crippen LogP) is 2.30. The maximum absolute atomic E-state index is 8.84. The van der Waals surface area contributed by atoms with Crippen LogP contribution in [0.4, 0.5) is 0 Å². The molecule has 0 saturated carbocycles. The molecule has 2 aromatic rings. The fourth-order valence-electron chi connectivity index (χ4n) is 1.95. The number of benzene rings is 1. The van der Waals surface area contributed by atoms with Gasteiger partial charge in [-0.3, -0.25) is 4.98 Å². The second-order valence-corrected chi connectivity index (χ2v) is 4.54. The molecule has 4 heteroatoms. The normalized spacial score (nSPS) is 12.1. The van der Waals surface area contributed by atoms with Crippen molar-refractivity contribution in [2.75, 3.05) is 13.2 Å². The largest absolute Gasteiger partial charge is 0.491 e. The first-order valence-corrected chi connectivity index (χ1v) is 6.77. The molecule has 2 N–H and O–H groups in total. The van der Waals surface area contributed by atoms with Crippen molar-refractivity contribution in [1.29, 1.82) is 0 Å². The van der Waals surface area contributed by atoms with Crippen LogP contribution in [0, 0.1) is 0 Å². The van der Waals surface area contributed by atoms with Crippen LogP contribution in [0.15, 0.2) is 48.7 Å². The van der Waals surface area contributed by atoms with Crippen molar-refractivity contribution in [1.82, 2.24) is 10.3 Å². The van der Waals surface area contributed by atoms with Crippen LogP contribution in [0.5, 0.6) is 5.75 Å². The van der Waals surface area contributed by atoms with Crippen LogP contribution in [0.25, 0.3) is 0 Å². The summed E-state index contributed by atoms with van der Waals surface area (Å²) in [4.78, 5) is 4.34. The second kappa shape index (κ2) is 7.62. The third-order valence-electron chi connectivity index (χ3n) is 3.05. The topological polar surface area (TPSA) is 54.4 Å². The minimum Gasteiger partial charge on any atom is -0.491 e. The molecule has 1 unspecified atom stereocenters. The lowest BCUT2D eigenvalue weighted by molar-refractivity contribution is 0.200. The van der Waals surface area contributed by atoms with Crippen molar-refractivity contribution in [3.8, 4) is 5.75 Å². The van der Waals surface area contributed by atoms with E-state index in [2.05, 4.69) is 17.2 Å². The molecule has 0 spiro atoms. The predicted molar refractivity (Wildman–Crippen MR) is 78.5 cm³/mol. The van der Waals surface area contributed by atoms with E-state index in [-0.39, 0.29) is 12.6 Å². The zero-order chi connectivity index (χ0) is 14.2. The smallest absolute Gasteiger partial charge is 0.123 e. The molecule has 1 aromatic heterocycles. The molecule has 0 radical (unpaired) electrons. The van der Waals surface area contributed by atoms with E-state index < -0.39 is 0 Å². The standard InChI is InChI=1S/C16H20N2O2/c1-13(15-7-4-5-9-17-15)18-12-14-6-2-3-8-16(14)20-11-10-19/h2-9,13,18-19H,10-12H2,1H3. The Labute approximate surface area is 119 Å². The number of nitrogens with one attached hydrogen (secondary N) is 1. The second-order valence-electron chi connectivity index (χ2n) is 4.54. The maximum atomic E-state index is 8.84. The number of pyridine rings is 1. The highest BCUT2D eigenvalue weighted by molar-refractivity contribution is 5.33. The Morgan fingerprint density at radius 2 is 2.00 bits per heavy atom. The Kier molecular flexibility index (Phi) is 5.53. The molecule has 106 valence electrons. The quantitative estimate of drug-likeness (QED) is 0.812. The van der Waals surface area contributed by atoms with E-state index >= 15 is 0 Å². The van der Waals surface area contributed by atoms with Crippen molar-refractivity contribution < 1.29 is 9.84 Å². The summed E-state index contributed by atoms with van der Waals surface area (Å²) >= 11 is 0.